The standard InChI is InChI=1S/C15H19N3O2S/c1-7-4-5-10-11(6-7)21-14-12(10)13(17-9(3)18-14)16-8(2)15(19)20/h7-8H,4-6H2,1-3H3,(H,19,20)(H,16,17,18)/p-1/t7-,8+/m0/s1. The molecule has 0 saturated carbocycles. The molecule has 2 aromatic rings. The number of carboxylic acid groups (broad SMARTS) is 1. The number of fused-ring (bicyclic) bond motifs is 3. The van der Waals surface area contributed by atoms with Crippen LogP contribution in [-0.4, -0.2) is 22.0 Å². The van der Waals surface area contributed by atoms with Gasteiger partial charge in [-0.2, -0.15) is 0 Å². The van der Waals surface area contributed by atoms with E-state index in [1.54, 1.807) is 18.3 Å². The quantitative estimate of drug-likeness (QED) is 0.933. The van der Waals surface area contributed by atoms with Crippen LogP contribution in [0.4, 0.5) is 5.82 Å². The Kier molecular flexibility index (Phi) is 3.57. The number of carboxylic acids is 1. The second-order valence-electron chi connectivity index (χ2n) is 5.84. The van der Waals surface area contributed by atoms with Crippen molar-refractivity contribution in [1.29, 1.82) is 0 Å². The van der Waals surface area contributed by atoms with Crippen LogP contribution >= 0.6 is 11.3 Å². The predicted octanol–water partition coefficient (Wildman–Crippen LogP) is 1.67. The van der Waals surface area contributed by atoms with Crippen LogP contribution in [0.25, 0.3) is 10.2 Å². The van der Waals surface area contributed by atoms with Crippen LogP contribution in [0.1, 0.15) is 36.5 Å². The first-order chi connectivity index (χ1) is 9.95. The van der Waals surface area contributed by atoms with Crippen molar-refractivity contribution in [2.75, 3.05) is 5.32 Å². The van der Waals surface area contributed by atoms with E-state index in [0.717, 1.165) is 29.5 Å². The van der Waals surface area contributed by atoms with Crippen molar-refractivity contribution in [1.82, 2.24) is 9.97 Å². The lowest BCUT2D eigenvalue weighted by Crippen LogP contribution is -2.38. The third-order valence-corrected chi connectivity index (χ3v) is 5.12. The molecule has 0 aliphatic heterocycles. The molecule has 0 amide bonds. The number of aliphatic carboxylic acids is 1. The Bertz CT molecular complexity index is 710. The number of nitrogens with zero attached hydrogens (tertiary/aromatic N) is 2. The Morgan fingerprint density at radius 2 is 2.24 bits per heavy atom. The normalized spacial score (nSPS) is 19.3. The second kappa shape index (κ2) is 5.26. The van der Waals surface area contributed by atoms with Gasteiger partial charge in [-0.1, -0.05) is 6.92 Å². The first kappa shape index (κ1) is 14.3. The maximum absolute atomic E-state index is 11.0. The van der Waals surface area contributed by atoms with Crippen LogP contribution in [0.2, 0.25) is 0 Å². The van der Waals surface area contributed by atoms with E-state index in [-0.39, 0.29) is 0 Å². The minimum absolute atomic E-state index is 0.626. The molecule has 0 saturated heterocycles. The van der Waals surface area contributed by atoms with E-state index in [0.29, 0.717) is 17.6 Å². The molecule has 0 fully saturated rings. The summed E-state index contributed by atoms with van der Waals surface area (Å²) >= 11 is 1.71. The molecule has 0 spiro atoms. The van der Waals surface area contributed by atoms with Crippen LogP contribution in [0.5, 0.6) is 0 Å². The van der Waals surface area contributed by atoms with Crippen LogP contribution in [-0.2, 0) is 17.6 Å². The zero-order chi connectivity index (χ0) is 15.1. The summed E-state index contributed by atoms with van der Waals surface area (Å²) in [5, 5.41) is 14.9. The lowest BCUT2D eigenvalue weighted by Gasteiger charge is -2.20. The largest absolute Gasteiger partial charge is 0.548 e. The summed E-state index contributed by atoms with van der Waals surface area (Å²) in [5.41, 5.74) is 1.29. The molecule has 1 N–H and O–H groups in total. The second-order valence-corrected chi connectivity index (χ2v) is 6.92. The first-order valence-electron chi connectivity index (χ1n) is 7.22. The summed E-state index contributed by atoms with van der Waals surface area (Å²) < 4.78 is 0. The molecule has 1 aliphatic rings. The van der Waals surface area contributed by atoms with Gasteiger partial charge in [0, 0.05) is 4.88 Å². The van der Waals surface area contributed by atoms with E-state index >= 15 is 0 Å². The number of thiophene rings is 1. The zero-order valence-electron chi connectivity index (χ0n) is 12.4. The minimum atomic E-state index is -1.13. The third-order valence-electron chi connectivity index (χ3n) is 3.97. The molecule has 0 unspecified atom stereocenters. The maximum Gasteiger partial charge on any atom is 0.139 e. The number of hydrogen-bond acceptors (Lipinski definition) is 6. The van der Waals surface area contributed by atoms with Gasteiger partial charge < -0.3 is 15.2 Å². The summed E-state index contributed by atoms with van der Waals surface area (Å²) in [4.78, 5) is 22.2. The van der Waals surface area contributed by atoms with E-state index in [9.17, 15) is 9.90 Å². The van der Waals surface area contributed by atoms with Crippen molar-refractivity contribution in [2.24, 2.45) is 5.92 Å². The maximum atomic E-state index is 11.0. The van der Waals surface area contributed by atoms with Crippen LogP contribution in [0.15, 0.2) is 0 Å². The number of carbonyl (C=O) groups excluding carboxylic acids is 1. The van der Waals surface area contributed by atoms with Crippen LogP contribution in [0, 0.1) is 12.8 Å². The third kappa shape index (κ3) is 2.60. The Morgan fingerprint density at radius 1 is 1.48 bits per heavy atom. The zero-order valence-corrected chi connectivity index (χ0v) is 13.2. The molecule has 0 radical (unpaired) electrons. The van der Waals surface area contributed by atoms with Gasteiger partial charge >= 0.3 is 0 Å². The van der Waals surface area contributed by atoms with Gasteiger partial charge in [0.1, 0.15) is 16.5 Å². The number of hydrogen-bond donors (Lipinski definition) is 1. The molecular formula is C15H18N3O2S-. The molecule has 3 rings (SSSR count). The highest BCUT2D eigenvalue weighted by molar-refractivity contribution is 7.19. The number of anilines is 1. The minimum Gasteiger partial charge on any atom is -0.548 e. The van der Waals surface area contributed by atoms with Crippen molar-refractivity contribution in [3.05, 3.63) is 16.3 Å². The van der Waals surface area contributed by atoms with Crippen molar-refractivity contribution >= 4 is 33.3 Å². The lowest BCUT2D eigenvalue weighted by molar-refractivity contribution is -0.306. The highest BCUT2D eigenvalue weighted by Gasteiger charge is 2.24. The number of aromatic nitrogens is 2. The van der Waals surface area contributed by atoms with Gasteiger partial charge in [-0.05, 0) is 44.6 Å². The topological polar surface area (TPSA) is 77.9 Å². The molecule has 21 heavy (non-hydrogen) atoms. The average molecular weight is 304 g/mol. The average Bonchev–Trinajstić information content (AvgIpc) is 2.75. The Morgan fingerprint density at radius 3 is 2.95 bits per heavy atom. The van der Waals surface area contributed by atoms with Crippen molar-refractivity contribution in [2.45, 2.75) is 46.1 Å². The molecule has 2 atom stereocenters. The van der Waals surface area contributed by atoms with Crippen molar-refractivity contribution < 1.29 is 9.90 Å². The van der Waals surface area contributed by atoms with Crippen LogP contribution < -0.4 is 10.4 Å². The summed E-state index contributed by atoms with van der Waals surface area (Å²) in [6.07, 6.45) is 3.24. The molecule has 112 valence electrons. The highest BCUT2D eigenvalue weighted by atomic mass is 32.1. The Balaban J connectivity index is 2.12. The number of aryl methyl sites for hydroxylation is 2. The summed E-state index contributed by atoms with van der Waals surface area (Å²) in [7, 11) is 0. The fraction of sp³-hybridized carbons (Fsp3) is 0.533. The molecule has 1 aliphatic carbocycles. The highest BCUT2D eigenvalue weighted by Crippen LogP contribution is 2.40. The Labute approximate surface area is 127 Å². The van der Waals surface area contributed by atoms with Crippen molar-refractivity contribution in [3.63, 3.8) is 0 Å². The van der Waals surface area contributed by atoms with Gasteiger partial charge in [0.15, 0.2) is 0 Å². The Hall–Kier alpha value is -1.69. The predicted molar refractivity (Wildman–Crippen MR) is 81.4 cm³/mol. The van der Waals surface area contributed by atoms with Crippen LogP contribution in [0.3, 0.4) is 0 Å². The van der Waals surface area contributed by atoms with E-state index in [4.69, 9.17) is 0 Å². The van der Waals surface area contributed by atoms with Gasteiger partial charge in [-0.25, -0.2) is 9.97 Å². The van der Waals surface area contributed by atoms with Gasteiger partial charge in [-0.15, -0.1) is 11.3 Å². The van der Waals surface area contributed by atoms with Gasteiger partial charge in [0.25, 0.3) is 0 Å². The summed E-state index contributed by atoms with van der Waals surface area (Å²) in [6, 6.07) is -0.777. The van der Waals surface area contributed by atoms with E-state index in [1.165, 1.54) is 10.4 Å². The van der Waals surface area contributed by atoms with Crippen molar-refractivity contribution in [3.8, 4) is 0 Å². The molecular weight excluding hydrogens is 286 g/mol. The van der Waals surface area contributed by atoms with E-state index in [1.807, 2.05) is 6.92 Å². The lowest BCUT2D eigenvalue weighted by atomic mass is 9.89. The molecule has 2 heterocycles. The monoisotopic (exact) mass is 304 g/mol. The first-order valence-corrected chi connectivity index (χ1v) is 8.03. The van der Waals surface area contributed by atoms with E-state index < -0.39 is 12.0 Å². The fourth-order valence-corrected chi connectivity index (χ4v) is 4.25. The molecule has 0 bridgehead atoms. The number of nitrogens with one attached hydrogen (secondary N) is 1. The smallest absolute Gasteiger partial charge is 0.139 e. The summed E-state index contributed by atoms with van der Waals surface area (Å²) in [5.74, 6) is 0.846. The van der Waals surface area contributed by atoms with E-state index in [2.05, 4.69) is 22.2 Å². The number of carbonyl (C=O) groups is 1. The fourth-order valence-electron chi connectivity index (χ4n) is 2.82. The molecule has 2 aromatic heterocycles. The van der Waals surface area contributed by atoms with Gasteiger partial charge in [0.05, 0.1) is 17.4 Å². The number of rotatable bonds is 3. The molecule has 5 nitrogen and oxygen atoms in total. The SMILES string of the molecule is Cc1nc(N[C@H](C)C(=O)[O-])c2c3c(sc2n1)C[C@@H](C)CC3. The molecule has 6 heteroatoms. The summed E-state index contributed by atoms with van der Waals surface area (Å²) in [6.45, 7) is 5.66. The van der Waals surface area contributed by atoms with Gasteiger partial charge in [-0.3, -0.25) is 0 Å². The van der Waals surface area contributed by atoms with Gasteiger partial charge in [0.2, 0.25) is 0 Å². The molecule has 0 aromatic carbocycles.